The number of nitrogens with one attached hydrogen (secondary N) is 2. The van der Waals surface area contributed by atoms with Crippen molar-refractivity contribution in [2.45, 2.75) is 39.2 Å². The van der Waals surface area contributed by atoms with Crippen LogP contribution in [0.25, 0.3) is 0 Å². The van der Waals surface area contributed by atoms with Crippen molar-refractivity contribution in [3.63, 3.8) is 0 Å². The quantitative estimate of drug-likeness (QED) is 0.460. The molecule has 3 N–H and O–H groups in total. The highest BCUT2D eigenvalue weighted by Crippen LogP contribution is 2.23. The first kappa shape index (κ1) is 19.9. The van der Waals surface area contributed by atoms with Gasteiger partial charge in [-0.2, -0.15) is 0 Å². The van der Waals surface area contributed by atoms with Gasteiger partial charge in [-0.25, -0.2) is 0 Å². The summed E-state index contributed by atoms with van der Waals surface area (Å²) in [5.41, 5.74) is 0.414. The van der Waals surface area contributed by atoms with Crippen LogP contribution in [0.3, 0.4) is 0 Å². The maximum absolute atomic E-state index is 12.4. The van der Waals surface area contributed by atoms with Gasteiger partial charge in [-0.15, -0.1) is 0 Å². The van der Waals surface area contributed by atoms with E-state index >= 15 is 0 Å². The van der Waals surface area contributed by atoms with Crippen LogP contribution in [0.2, 0.25) is 0 Å². The lowest BCUT2D eigenvalue weighted by molar-refractivity contribution is 0.0972. The molecular formula is C16H23BrN2O3S. The van der Waals surface area contributed by atoms with Crippen LogP contribution >= 0.6 is 28.1 Å². The average Bonchev–Trinajstić information content (AvgIpc) is 2.54. The number of benzene rings is 1. The molecule has 0 aliphatic rings. The number of thiocarbonyl (C=S) groups is 1. The zero-order valence-corrected chi connectivity index (χ0v) is 15.8. The van der Waals surface area contributed by atoms with Crippen molar-refractivity contribution in [3.05, 3.63) is 28.2 Å². The molecule has 1 aromatic rings. The number of amides is 1. The molecule has 0 heterocycles. The fraction of sp³-hybridized carbons (Fsp3) is 0.500. The fourth-order valence-electron chi connectivity index (χ4n) is 1.80. The van der Waals surface area contributed by atoms with Crippen LogP contribution in [0.15, 0.2) is 22.7 Å². The number of aliphatic hydroxyl groups is 1. The molecule has 1 atom stereocenters. The van der Waals surface area contributed by atoms with Gasteiger partial charge in [0.15, 0.2) is 5.11 Å². The zero-order chi connectivity index (χ0) is 17.2. The third-order valence-corrected chi connectivity index (χ3v) is 3.93. The third kappa shape index (κ3) is 6.85. The van der Waals surface area contributed by atoms with Crippen molar-refractivity contribution >= 4 is 39.2 Å². The van der Waals surface area contributed by atoms with E-state index in [0.717, 1.165) is 17.3 Å². The fourth-order valence-corrected chi connectivity index (χ4v) is 2.42. The van der Waals surface area contributed by atoms with Gasteiger partial charge in [0, 0.05) is 4.47 Å². The summed E-state index contributed by atoms with van der Waals surface area (Å²) in [7, 11) is 0. The highest BCUT2D eigenvalue weighted by molar-refractivity contribution is 9.10. The summed E-state index contributed by atoms with van der Waals surface area (Å²) >= 11 is 8.47. The largest absolute Gasteiger partial charge is 0.493 e. The van der Waals surface area contributed by atoms with Crippen molar-refractivity contribution in [2.75, 3.05) is 13.2 Å². The number of carbonyl (C=O) groups is 1. The van der Waals surface area contributed by atoms with Gasteiger partial charge in [0.1, 0.15) is 5.75 Å². The van der Waals surface area contributed by atoms with Crippen molar-refractivity contribution in [1.82, 2.24) is 10.6 Å². The number of hydrogen-bond donors (Lipinski definition) is 3. The Morgan fingerprint density at radius 1 is 1.43 bits per heavy atom. The van der Waals surface area contributed by atoms with Crippen molar-refractivity contribution in [1.29, 1.82) is 0 Å². The monoisotopic (exact) mass is 402 g/mol. The van der Waals surface area contributed by atoms with Gasteiger partial charge in [-0.05, 0) is 43.3 Å². The van der Waals surface area contributed by atoms with E-state index in [2.05, 4.69) is 33.5 Å². The third-order valence-electron chi connectivity index (χ3n) is 3.22. The van der Waals surface area contributed by atoms with Crippen molar-refractivity contribution in [2.24, 2.45) is 0 Å². The molecule has 0 fully saturated rings. The van der Waals surface area contributed by atoms with E-state index < -0.39 is 0 Å². The highest BCUT2D eigenvalue weighted by Gasteiger charge is 2.16. The number of rotatable bonds is 8. The first-order valence-electron chi connectivity index (χ1n) is 7.66. The van der Waals surface area contributed by atoms with Crippen LogP contribution < -0.4 is 15.4 Å². The molecule has 0 radical (unpaired) electrons. The first-order valence-corrected chi connectivity index (χ1v) is 8.86. The summed E-state index contributed by atoms with van der Waals surface area (Å²) in [5.74, 6) is 0.180. The van der Waals surface area contributed by atoms with Crippen LogP contribution in [-0.2, 0) is 0 Å². The Morgan fingerprint density at radius 2 is 2.17 bits per heavy atom. The van der Waals surface area contributed by atoms with E-state index in [-0.39, 0.29) is 23.7 Å². The number of unbranched alkanes of at least 4 members (excludes halogenated alkanes) is 1. The highest BCUT2D eigenvalue weighted by atomic mass is 79.9. The zero-order valence-electron chi connectivity index (χ0n) is 13.4. The Bertz CT molecular complexity index is 536. The molecule has 7 heteroatoms. The summed E-state index contributed by atoms with van der Waals surface area (Å²) in [6.45, 7) is 4.51. The molecule has 5 nitrogen and oxygen atoms in total. The van der Waals surface area contributed by atoms with E-state index in [4.69, 9.17) is 22.1 Å². The van der Waals surface area contributed by atoms with E-state index in [1.165, 1.54) is 0 Å². The molecule has 1 unspecified atom stereocenters. The second-order valence-corrected chi connectivity index (χ2v) is 6.38. The lowest BCUT2D eigenvalue weighted by atomic mass is 10.2. The predicted molar refractivity (Wildman–Crippen MR) is 98.9 cm³/mol. The standard InChI is InChI=1S/C16H23BrN2O3S/c1-3-5-8-22-14-7-6-11(17)9-13(14)15(21)19-16(23)18-12(4-2)10-20/h6-7,9,12,20H,3-5,8,10H2,1-2H3,(H2,18,19,21,23). The molecule has 0 bridgehead atoms. The maximum Gasteiger partial charge on any atom is 0.261 e. The molecule has 0 aliphatic carbocycles. The smallest absolute Gasteiger partial charge is 0.261 e. The van der Waals surface area contributed by atoms with E-state index in [9.17, 15) is 4.79 Å². The molecular weight excluding hydrogens is 380 g/mol. The number of ether oxygens (including phenoxy) is 1. The molecule has 0 aromatic heterocycles. The molecule has 0 saturated carbocycles. The molecule has 1 amide bonds. The maximum atomic E-state index is 12.4. The molecule has 23 heavy (non-hydrogen) atoms. The van der Waals surface area contributed by atoms with Crippen LogP contribution in [0.5, 0.6) is 5.75 Å². The second kappa shape index (κ2) is 10.6. The predicted octanol–water partition coefficient (Wildman–Crippen LogP) is 3.00. The van der Waals surface area contributed by atoms with E-state index in [1.54, 1.807) is 12.1 Å². The molecule has 0 aliphatic heterocycles. The molecule has 128 valence electrons. The normalized spacial score (nSPS) is 11.7. The van der Waals surface area contributed by atoms with Gasteiger partial charge < -0.3 is 15.2 Å². The van der Waals surface area contributed by atoms with Gasteiger partial charge in [0.05, 0.1) is 24.8 Å². The number of hydrogen-bond acceptors (Lipinski definition) is 4. The SMILES string of the molecule is CCCCOc1ccc(Br)cc1C(=O)NC(=S)NC(CC)CO. The number of aliphatic hydroxyl groups excluding tert-OH is 1. The van der Waals surface area contributed by atoms with E-state index in [0.29, 0.717) is 24.3 Å². The van der Waals surface area contributed by atoms with Crippen LogP contribution in [0, 0.1) is 0 Å². The summed E-state index contributed by atoms with van der Waals surface area (Å²) in [4.78, 5) is 12.4. The first-order chi connectivity index (χ1) is 11.0. The van der Waals surface area contributed by atoms with Gasteiger partial charge in [0.2, 0.25) is 0 Å². The molecule has 0 spiro atoms. The summed E-state index contributed by atoms with van der Waals surface area (Å²) in [5, 5.41) is 14.9. The lowest BCUT2D eigenvalue weighted by Gasteiger charge is -2.17. The minimum atomic E-state index is -0.344. The van der Waals surface area contributed by atoms with Gasteiger partial charge in [-0.3, -0.25) is 10.1 Å². The average molecular weight is 403 g/mol. The molecule has 0 saturated heterocycles. The van der Waals surface area contributed by atoms with Gasteiger partial charge in [-0.1, -0.05) is 36.2 Å². The summed E-state index contributed by atoms with van der Waals surface area (Å²) < 4.78 is 6.46. The van der Waals surface area contributed by atoms with Gasteiger partial charge >= 0.3 is 0 Å². The second-order valence-electron chi connectivity index (χ2n) is 5.06. The Balaban J connectivity index is 2.77. The summed E-state index contributed by atoms with van der Waals surface area (Å²) in [6, 6.07) is 5.11. The number of halogens is 1. The minimum Gasteiger partial charge on any atom is -0.493 e. The van der Waals surface area contributed by atoms with E-state index in [1.807, 2.05) is 13.0 Å². The Hall–Kier alpha value is -1.18. The minimum absolute atomic E-state index is 0.0469. The van der Waals surface area contributed by atoms with Crippen LogP contribution in [0.4, 0.5) is 0 Å². The molecule has 1 rings (SSSR count). The Labute approximate surface area is 150 Å². The van der Waals surface area contributed by atoms with Crippen LogP contribution in [-0.4, -0.2) is 35.4 Å². The van der Waals surface area contributed by atoms with Crippen molar-refractivity contribution in [3.8, 4) is 5.75 Å². The topological polar surface area (TPSA) is 70.6 Å². The van der Waals surface area contributed by atoms with Gasteiger partial charge in [0.25, 0.3) is 5.91 Å². The summed E-state index contributed by atoms with van der Waals surface area (Å²) in [6.07, 6.45) is 2.65. The van der Waals surface area contributed by atoms with Crippen LogP contribution in [0.1, 0.15) is 43.5 Å². The molecule has 1 aromatic carbocycles. The van der Waals surface area contributed by atoms with Crippen molar-refractivity contribution < 1.29 is 14.6 Å². The Morgan fingerprint density at radius 3 is 2.78 bits per heavy atom. The lowest BCUT2D eigenvalue weighted by Crippen LogP contribution is -2.45. The number of carbonyl (C=O) groups excluding carboxylic acids is 1. The Kier molecular flexibility index (Phi) is 9.13.